The first-order valence-electron chi connectivity index (χ1n) is 6.51. The molecule has 1 aromatic carbocycles. The minimum absolute atomic E-state index is 0.765. The second kappa shape index (κ2) is 6.41. The lowest BCUT2D eigenvalue weighted by Crippen LogP contribution is -2.12. The highest BCUT2D eigenvalue weighted by Crippen LogP contribution is 2.27. The number of rotatable bonds is 5. The van der Waals surface area contributed by atoms with E-state index in [1.54, 1.807) is 12.5 Å². The van der Waals surface area contributed by atoms with Gasteiger partial charge in [0.1, 0.15) is 6.33 Å². The Morgan fingerprint density at radius 1 is 0.950 bits per heavy atom. The van der Waals surface area contributed by atoms with Crippen LogP contribution in [0.5, 0.6) is 0 Å². The molecule has 0 saturated carbocycles. The van der Waals surface area contributed by atoms with E-state index in [1.165, 1.54) is 15.3 Å². The van der Waals surface area contributed by atoms with Gasteiger partial charge in [0, 0.05) is 29.0 Å². The molecule has 0 fully saturated rings. The van der Waals surface area contributed by atoms with Crippen LogP contribution in [-0.2, 0) is 13.1 Å². The molecule has 3 rings (SSSR count). The fourth-order valence-electron chi connectivity index (χ4n) is 1.97. The van der Waals surface area contributed by atoms with E-state index in [9.17, 15) is 0 Å². The van der Waals surface area contributed by atoms with Crippen molar-refractivity contribution in [1.82, 2.24) is 15.3 Å². The SMILES string of the molecule is c1ccc(-c2ccc(CNCc3ccncn3)s2)cc1. The van der Waals surface area contributed by atoms with E-state index in [-0.39, 0.29) is 0 Å². The lowest BCUT2D eigenvalue weighted by atomic mass is 10.2. The predicted octanol–water partition coefficient (Wildman–Crippen LogP) is 3.49. The Morgan fingerprint density at radius 2 is 1.85 bits per heavy atom. The lowest BCUT2D eigenvalue weighted by molar-refractivity contribution is 0.684. The normalized spacial score (nSPS) is 10.6. The monoisotopic (exact) mass is 281 g/mol. The van der Waals surface area contributed by atoms with Gasteiger partial charge in [0.15, 0.2) is 0 Å². The van der Waals surface area contributed by atoms with Gasteiger partial charge in [0.2, 0.25) is 0 Å². The zero-order chi connectivity index (χ0) is 13.6. The molecular formula is C16H15N3S. The predicted molar refractivity (Wildman–Crippen MR) is 82.3 cm³/mol. The average Bonchev–Trinajstić information content (AvgIpc) is 2.98. The van der Waals surface area contributed by atoms with Crippen LogP contribution in [0.15, 0.2) is 61.1 Å². The molecule has 2 aromatic heterocycles. The first kappa shape index (κ1) is 13.0. The summed E-state index contributed by atoms with van der Waals surface area (Å²) in [5.74, 6) is 0. The first-order chi connectivity index (χ1) is 9.92. The van der Waals surface area contributed by atoms with Gasteiger partial charge in [0.05, 0.1) is 5.69 Å². The fraction of sp³-hybridized carbons (Fsp3) is 0.125. The first-order valence-corrected chi connectivity index (χ1v) is 7.33. The number of nitrogens with zero attached hydrogens (tertiary/aromatic N) is 2. The molecule has 0 unspecified atom stereocenters. The lowest BCUT2D eigenvalue weighted by Gasteiger charge is -2.01. The molecule has 1 N–H and O–H groups in total. The molecular weight excluding hydrogens is 266 g/mol. The summed E-state index contributed by atoms with van der Waals surface area (Å²) in [6.45, 7) is 1.63. The van der Waals surface area contributed by atoms with E-state index in [0.717, 1.165) is 18.8 Å². The summed E-state index contributed by atoms with van der Waals surface area (Å²) in [6.07, 6.45) is 3.35. The summed E-state index contributed by atoms with van der Waals surface area (Å²) in [5, 5.41) is 3.40. The third-order valence-electron chi connectivity index (χ3n) is 2.97. The van der Waals surface area contributed by atoms with E-state index >= 15 is 0 Å². The van der Waals surface area contributed by atoms with Gasteiger partial charge in [-0.2, -0.15) is 0 Å². The van der Waals surface area contributed by atoms with Crippen LogP contribution in [0.25, 0.3) is 10.4 Å². The zero-order valence-corrected chi connectivity index (χ0v) is 11.8. The second-order valence-electron chi connectivity index (χ2n) is 4.44. The molecule has 3 aromatic rings. The van der Waals surface area contributed by atoms with Crippen LogP contribution in [0.4, 0.5) is 0 Å². The van der Waals surface area contributed by atoms with Crippen molar-refractivity contribution in [2.45, 2.75) is 13.1 Å². The summed E-state index contributed by atoms with van der Waals surface area (Å²) in [5.41, 5.74) is 2.29. The minimum atomic E-state index is 0.765. The van der Waals surface area contributed by atoms with Crippen LogP contribution < -0.4 is 5.32 Å². The summed E-state index contributed by atoms with van der Waals surface area (Å²) in [4.78, 5) is 10.7. The van der Waals surface area contributed by atoms with Gasteiger partial charge in [-0.05, 0) is 23.8 Å². The quantitative estimate of drug-likeness (QED) is 0.778. The zero-order valence-electron chi connectivity index (χ0n) is 11.0. The van der Waals surface area contributed by atoms with Crippen LogP contribution in [0.1, 0.15) is 10.6 Å². The molecule has 0 bridgehead atoms. The third kappa shape index (κ3) is 3.29. The van der Waals surface area contributed by atoms with Crippen molar-refractivity contribution in [3.8, 4) is 10.4 Å². The van der Waals surface area contributed by atoms with Crippen molar-refractivity contribution in [2.24, 2.45) is 0 Å². The molecule has 4 heteroatoms. The Hall–Kier alpha value is -2.04. The van der Waals surface area contributed by atoms with E-state index in [2.05, 4.69) is 51.7 Å². The summed E-state index contributed by atoms with van der Waals surface area (Å²) in [7, 11) is 0. The molecule has 0 radical (unpaired) electrons. The molecule has 2 heterocycles. The molecule has 20 heavy (non-hydrogen) atoms. The second-order valence-corrected chi connectivity index (χ2v) is 5.60. The molecule has 0 aliphatic heterocycles. The van der Waals surface area contributed by atoms with Crippen LogP contribution in [0, 0.1) is 0 Å². The standard InChI is InChI=1S/C16H15N3S/c1-2-4-13(5-3-1)16-7-6-15(20-16)11-18-10-14-8-9-17-12-19-14/h1-9,12,18H,10-11H2. The molecule has 0 saturated heterocycles. The highest BCUT2D eigenvalue weighted by molar-refractivity contribution is 7.15. The maximum Gasteiger partial charge on any atom is 0.115 e. The maximum atomic E-state index is 4.19. The van der Waals surface area contributed by atoms with Crippen molar-refractivity contribution in [3.05, 3.63) is 71.6 Å². The number of benzene rings is 1. The number of aromatic nitrogens is 2. The maximum absolute atomic E-state index is 4.19. The van der Waals surface area contributed by atoms with Gasteiger partial charge >= 0.3 is 0 Å². The van der Waals surface area contributed by atoms with Crippen molar-refractivity contribution in [1.29, 1.82) is 0 Å². The van der Waals surface area contributed by atoms with Crippen LogP contribution in [0.2, 0.25) is 0 Å². The van der Waals surface area contributed by atoms with Gasteiger partial charge < -0.3 is 5.32 Å². The molecule has 0 aliphatic carbocycles. The van der Waals surface area contributed by atoms with Crippen LogP contribution >= 0.6 is 11.3 Å². The highest BCUT2D eigenvalue weighted by Gasteiger charge is 2.02. The summed E-state index contributed by atoms with van der Waals surface area (Å²) < 4.78 is 0. The van der Waals surface area contributed by atoms with E-state index < -0.39 is 0 Å². The van der Waals surface area contributed by atoms with Gasteiger partial charge in [0.25, 0.3) is 0 Å². The Balaban J connectivity index is 1.58. The largest absolute Gasteiger partial charge is 0.306 e. The molecule has 3 nitrogen and oxygen atoms in total. The van der Waals surface area contributed by atoms with Crippen LogP contribution in [0.3, 0.4) is 0 Å². The third-order valence-corrected chi connectivity index (χ3v) is 4.10. The van der Waals surface area contributed by atoms with E-state index in [0.29, 0.717) is 0 Å². The van der Waals surface area contributed by atoms with Crippen molar-refractivity contribution < 1.29 is 0 Å². The number of thiophene rings is 1. The van der Waals surface area contributed by atoms with Crippen molar-refractivity contribution in [3.63, 3.8) is 0 Å². The topological polar surface area (TPSA) is 37.8 Å². The Kier molecular flexibility index (Phi) is 4.16. The van der Waals surface area contributed by atoms with Gasteiger partial charge in [-0.15, -0.1) is 11.3 Å². The van der Waals surface area contributed by atoms with Crippen molar-refractivity contribution in [2.75, 3.05) is 0 Å². The molecule has 0 atom stereocenters. The van der Waals surface area contributed by atoms with Gasteiger partial charge in [-0.3, -0.25) is 0 Å². The minimum Gasteiger partial charge on any atom is -0.306 e. The summed E-state index contributed by atoms with van der Waals surface area (Å²) in [6, 6.07) is 16.8. The van der Waals surface area contributed by atoms with Gasteiger partial charge in [-0.1, -0.05) is 30.3 Å². The Morgan fingerprint density at radius 3 is 2.65 bits per heavy atom. The van der Waals surface area contributed by atoms with E-state index in [4.69, 9.17) is 0 Å². The van der Waals surface area contributed by atoms with Crippen molar-refractivity contribution >= 4 is 11.3 Å². The number of hydrogen-bond donors (Lipinski definition) is 1. The Labute approximate surface area is 122 Å². The smallest absolute Gasteiger partial charge is 0.115 e. The number of nitrogens with one attached hydrogen (secondary N) is 1. The Bertz CT molecular complexity index is 650. The van der Waals surface area contributed by atoms with Crippen LogP contribution in [-0.4, -0.2) is 9.97 Å². The number of hydrogen-bond acceptors (Lipinski definition) is 4. The molecule has 0 spiro atoms. The van der Waals surface area contributed by atoms with Gasteiger partial charge in [-0.25, -0.2) is 9.97 Å². The molecule has 100 valence electrons. The van der Waals surface area contributed by atoms with E-state index in [1.807, 2.05) is 23.5 Å². The average molecular weight is 281 g/mol. The molecule has 0 amide bonds. The fourth-order valence-corrected chi connectivity index (χ4v) is 2.95. The highest BCUT2D eigenvalue weighted by atomic mass is 32.1. The molecule has 0 aliphatic rings. The summed E-state index contributed by atoms with van der Waals surface area (Å²) >= 11 is 1.83.